The Morgan fingerprint density at radius 1 is 1.05 bits per heavy atom. The van der Waals surface area contributed by atoms with Gasteiger partial charge in [0.1, 0.15) is 11.6 Å². The molecule has 0 aliphatic carbocycles. The molecule has 2 nitrogen and oxygen atoms in total. The molecule has 2 aromatic rings. The molecule has 0 aliphatic heterocycles. The summed E-state index contributed by atoms with van der Waals surface area (Å²) in [5, 5.41) is 9.89. The maximum atomic E-state index is 12.4. The van der Waals surface area contributed by atoms with Crippen LogP contribution in [0, 0.1) is 11.3 Å². The van der Waals surface area contributed by atoms with Gasteiger partial charge in [0, 0.05) is 15.1 Å². The van der Waals surface area contributed by atoms with Gasteiger partial charge in [-0.15, -0.1) is 0 Å². The number of carbonyl (C=O) groups excluding carboxylic acids is 1. The van der Waals surface area contributed by atoms with Crippen molar-refractivity contribution >= 4 is 38.9 Å². The standard InChI is InChI=1S/C17H11BrClNO/c1-11(12-2-6-14(18)7-3-12)16(10-20)17(21)13-4-8-15(19)9-5-13/h2-9H,1H3/b16-11-. The third kappa shape index (κ3) is 3.60. The van der Waals surface area contributed by atoms with E-state index < -0.39 is 0 Å². The minimum atomic E-state index is -0.297. The minimum absolute atomic E-state index is 0.139. The van der Waals surface area contributed by atoms with Gasteiger partial charge >= 0.3 is 0 Å². The van der Waals surface area contributed by atoms with E-state index in [-0.39, 0.29) is 11.4 Å². The minimum Gasteiger partial charge on any atom is -0.288 e. The highest BCUT2D eigenvalue weighted by Gasteiger charge is 2.15. The highest BCUT2D eigenvalue weighted by Crippen LogP contribution is 2.23. The van der Waals surface area contributed by atoms with Crippen LogP contribution in [0.25, 0.3) is 5.57 Å². The van der Waals surface area contributed by atoms with Crippen molar-refractivity contribution < 1.29 is 4.79 Å². The van der Waals surface area contributed by atoms with Crippen molar-refractivity contribution in [1.82, 2.24) is 0 Å². The van der Waals surface area contributed by atoms with Crippen LogP contribution in [0.15, 0.2) is 58.6 Å². The summed E-state index contributed by atoms with van der Waals surface area (Å²) in [4.78, 5) is 12.4. The van der Waals surface area contributed by atoms with Crippen LogP contribution in [0.2, 0.25) is 5.02 Å². The molecule has 0 bridgehead atoms. The van der Waals surface area contributed by atoms with Crippen LogP contribution in [-0.4, -0.2) is 5.78 Å². The first kappa shape index (κ1) is 15.5. The molecule has 0 N–H and O–H groups in total. The van der Waals surface area contributed by atoms with E-state index >= 15 is 0 Å². The molecular weight excluding hydrogens is 350 g/mol. The van der Waals surface area contributed by atoms with Gasteiger partial charge in [-0.1, -0.05) is 39.7 Å². The molecule has 0 amide bonds. The van der Waals surface area contributed by atoms with Crippen molar-refractivity contribution in [2.45, 2.75) is 6.92 Å². The first-order valence-corrected chi connectivity index (χ1v) is 7.37. The summed E-state index contributed by atoms with van der Waals surface area (Å²) >= 11 is 9.17. The summed E-state index contributed by atoms with van der Waals surface area (Å²) in [6, 6.07) is 16.0. The van der Waals surface area contributed by atoms with E-state index in [1.807, 2.05) is 30.3 Å². The Balaban J connectivity index is 2.44. The number of nitriles is 1. The second-order valence-electron chi connectivity index (χ2n) is 4.45. The summed E-state index contributed by atoms with van der Waals surface area (Å²) in [5.41, 5.74) is 2.09. The van der Waals surface area contributed by atoms with Crippen molar-refractivity contribution in [2.75, 3.05) is 0 Å². The van der Waals surface area contributed by atoms with Crippen molar-refractivity contribution in [3.05, 3.63) is 74.7 Å². The predicted molar refractivity (Wildman–Crippen MR) is 88.1 cm³/mol. The molecule has 0 unspecified atom stereocenters. The summed E-state index contributed by atoms with van der Waals surface area (Å²) in [6.07, 6.45) is 0. The van der Waals surface area contributed by atoms with Gasteiger partial charge in [-0.2, -0.15) is 5.26 Å². The number of benzene rings is 2. The molecule has 0 aromatic heterocycles. The normalized spacial score (nSPS) is 11.5. The number of ketones is 1. The molecule has 2 aromatic carbocycles. The number of hydrogen-bond acceptors (Lipinski definition) is 2. The monoisotopic (exact) mass is 359 g/mol. The Morgan fingerprint density at radius 3 is 2.10 bits per heavy atom. The number of halogens is 2. The lowest BCUT2D eigenvalue weighted by atomic mass is 9.96. The van der Waals surface area contributed by atoms with Gasteiger partial charge in [0.15, 0.2) is 0 Å². The van der Waals surface area contributed by atoms with Crippen LogP contribution in [-0.2, 0) is 0 Å². The Bertz CT molecular complexity index is 740. The molecule has 0 heterocycles. The molecule has 2 rings (SSSR count). The largest absolute Gasteiger partial charge is 0.288 e. The molecule has 0 fully saturated rings. The summed E-state index contributed by atoms with van der Waals surface area (Å²) < 4.78 is 0.946. The van der Waals surface area contributed by atoms with Gasteiger partial charge in [0.25, 0.3) is 0 Å². The molecule has 0 spiro atoms. The van der Waals surface area contributed by atoms with Crippen LogP contribution < -0.4 is 0 Å². The van der Waals surface area contributed by atoms with E-state index in [0.717, 1.165) is 10.0 Å². The van der Waals surface area contributed by atoms with E-state index in [2.05, 4.69) is 15.9 Å². The highest BCUT2D eigenvalue weighted by molar-refractivity contribution is 9.10. The maximum absolute atomic E-state index is 12.4. The van der Waals surface area contributed by atoms with E-state index in [0.29, 0.717) is 16.2 Å². The number of allylic oxidation sites excluding steroid dienone is 2. The lowest BCUT2D eigenvalue weighted by Gasteiger charge is -2.06. The third-order valence-electron chi connectivity index (χ3n) is 3.10. The van der Waals surface area contributed by atoms with Crippen LogP contribution in [0.3, 0.4) is 0 Å². The molecule has 21 heavy (non-hydrogen) atoms. The molecule has 0 saturated carbocycles. The predicted octanol–water partition coefficient (Wildman–Crippen LogP) is 5.28. The quantitative estimate of drug-likeness (QED) is 0.424. The number of nitrogens with zero attached hydrogens (tertiary/aromatic N) is 1. The maximum Gasteiger partial charge on any atom is 0.203 e. The Morgan fingerprint density at radius 2 is 1.57 bits per heavy atom. The van der Waals surface area contributed by atoms with Gasteiger partial charge in [0.2, 0.25) is 5.78 Å². The van der Waals surface area contributed by atoms with Gasteiger partial charge in [-0.25, -0.2) is 0 Å². The number of carbonyl (C=O) groups is 1. The van der Waals surface area contributed by atoms with E-state index in [4.69, 9.17) is 11.6 Å². The average molecular weight is 361 g/mol. The van der Waals surface area contributed by atoms with Crippen molar-refractivity contribution in [3.63, 3.8) is 0 Å². The Labute approximate surface area is 136 Å². The zero-order valence-corrected chi connectivity index (χ0v) is 13.6. The topological polar surface area (TPSA) is 40.9 Å². The number of hydrogen-bond donors (Lipinski definition) is 0. The summed E-state index contributed by atoms with van der Waals surface area (Å²) in [6.45, 7) is 1.77. The average Bonchev–Trinajstić information content (AvgIpc) is 2.49. The van der Waals surface area contributed by atoms with Crippen molar-refractivity contribution in [1.29, 1.82) is 5.26 Å². The molecule has 0 radical (unpaired) electrons. The first-order valence-electron chi connectivity index (χ1n) is 6.20. The molecule has 0 saturated heterocycles. The number of rotatable bonds is 3. The first-order chi connectivity index (χ1) is 10.0. The lowest BCUT2D eigenvalue weighted by Crippen LogP contribution is -2.04. The molecular formula is C17H11BrClNO. The van der Waals surface area contributed by atoms with Crippen LogP contribution >= 0.6 is 27.5 Å². The highest BCUT2D eigenvalue weighted by atomic mass is 79.9. The fraction of sp³-hybridized carbons (Fsp3) is 0.0588. The summed E-state index contributed by atoms with van der Waals surface area (Å²) in [7, 11) is 0. The molecule has 4 heteroatoms. The van der Waals surface area contributed by atoms with E-state index in [9.17, 15) is 10.1 Å². The molecule has 104 valence electrons. The second kappa shape index (κ2) is 6.71. The smallest absolute Gasteiger partial charge is 0.203 e. The van der Waals surface area contributed by atoms with Crippen LogP contribution in [0.1, 0.15) is 22.8 Å². The lowest BCUT2D eigenvalue weighted by molar-refractivity contribution is 0.103. The Kier molecular flexibility index (Phi) is 4.95. The zero-order valence-electron chi connectivity index (χ0n) is 11.2. The SMILES string of the molecule is C/C(=C(\C#N)C(=O)c1ccc(Cl)cc1)c1ccc(Br)cc1. The van der Waals surface area contributed by atoms with Gasteiger partial charge in [-0.05, 0) is 54.5 Å². The number of Topliss-reactive ketones (excluding diaryl/α,β-unsaturated/α-hetero) is 1. The van der Waals surface area contributed by atoms with Gasteiger partial charge in [0.05, 0.1) is 0 Å². The summed E-state index contributed by atoms with van der Waals surface area (Å²) in [5.74, 6) is -0.297. The van der Waals surface area contributed by atoms with Crippen LogP contribution in [0.4, 0.5) is 0 Å². The fourth-order valence-corrected chi connectivity index (χ4v) is 2.29. The molecule has 0 aliphatic rings. The van der Waals surface area contributed by atoms with Gasteiger partial charge < -0.3 is 0 Å². The van der Waals surface area contributed by atoms with Crippen molar-refractivity contribution in [2.24, 2.45) is 0 Å². The van der Waals surface area contributed by atoms with E-state index in [1.54, 1.807) is 31.2 Å². The zero-order chi connectivity index (χ0) is 15.4. The second-order valence-corrected chi connectivity index (χ2v) is 5.81. The van der Waals surface area contributed by atoms with Crippen molar-refractivity contribution in [3.8, 4) is 6.07 Å². The van der Waals surface area contributed by atoms with E-state index in [1.165, 1.54) is 0 Å². The Hall–Kier alpha value is -1.89. The van der Waals surface area contributed by atoms with Crippen LogP contribution in [0.5, 0.6) is 0 Å². The third-order valence-corrected chi connectivity index (χ3v) is 3.88. The van der Waals surface area contributed by atoms with Gasteiger partial charge in [-0.3, -0.25) is 4.79 Å². The fourth-order valence-electron chi connectivity index (χ4n) is 1.89. The molecule has 0 atom stereocenters.